The molecular weight excluding hydrogens is 334 g/mol. The number of esters is 1. The quantitative estimate of drug-likeness (QED) is 0.435. The van der Waals surface area contributed by atoms with Gasteiger partial charge in [0.15, 0.2) is 0 Å². The second-order valence-electron chi connectivity index (χ2n) is 5.38. The number of nitrogens with zero attached hydrogens (tertiary/aromatic N) is 1. The Morgan fingerprint density at radius 1 is 1.21 bits per heavy atom. The number of aryl methyl sites for hydroxylation is 1. The molecule has 2 aromatic rings. The minimum atomic E-state index is -0.777. The highest BCUT2D eigenvalue weighted by Gasteiger charge is 2.25. The highest BCUT2D eigenvalue weighted by molar-refractivity contribution is 6.32. The average Bonchev–Trinajstić information content (AvgIpc) is 2.50. The van der Waals surface area contributed by atoms with E-state index >= 15 is 0 Å². The number of benzene rings is 2. The van der Waals surface area contributed by atoms with Gasteiger partial charge in [-0.2, -0.15) is 0 Å². The maximum atomic E-state index is 12.2. The van der Waals surface area contributed by atoms with Crippen LogP contribution < -0.4 is 4.74 Å². The number of hydrogen-bond acceptors (Lipinski definition) is 5. The third-order valence-electron chi connectivity index (χ3n) is 3.11. The molecule has 0 unspecified atom stereocenters. The van der Waals surface area contributed by atoms with Crippen LogP contribution in [0.15, 0.2) is 36.4 Å². The lowest BCUT2D eigenvalue weighted by Gasteiger charge is -2.13. The van der Waals surface area contributed by atoms with Gasteiger partial charge in [0.05, 0.1) is 16.0 Å². The number of carbonyl (C=O) groups is 1. The highest BCUT2D eigenvalue weighted by atomic mass is 35.5. The van der Waals surface area contributed by atoms with Crippen LogP contribution in [-0.4, -0.2) is 17.0 Å². The van der Waals surface area contributed by atoms with Crippen LogP contribution in [0.1, 0.15) is 29.8 Å². The molecule has 0 heterocycles. The van der Waals surface area contributed by atoms with Crippen LogP contribution in [-0.2, 0) is 4.74 Å². The Kier molecular flexibility index (Phi) is 5.41. The average molecular weight is 350 g/mol. The van der Waals surface area contributed by atoms with E-state index in [9.17, 15) is 14.9 Å². The van der Waals surface area contributed by atoms with Crippen molar-refractivity contribution >= 4 is 23.3 Å². The van der Waals surface area contributed by atoms with Crippen molar-refractivity contribution in [2.45, 2.75) is 26.9 Å². The molecule has 0 saturated heterocycles. The summed E-state index contributed by atoms with van der Waals surface area (Å²) in [5, 5.41) is 11.6. The van der Waals surface area contributed by atoms with Crippen molar-refractivity contribution in [1.29, 1.82) is 0 Å². The Labute approximate surface area is 144 Å². The summed E-state index contributed by atoms with van der Waals surface area (Å²) < 4.78 is 10.8. The lowest BCUT2D eigenvalue weighted by molar-refractivity contribution is -0.385. The molecule has 126 valence electrons. The molecule has 0 fully saturated rings. The molecule has 0 N–H and O–H groups in total. The third kappa shape index (κ3) is 4.02. The zero-order valence-electron chi connectivity index (χ0n) is 13.4. The number of nitro benzene ring substituents is 1. The summed E-state index contributed by atoms with van der Waals surface area (Å²) >= 11 is 6.05. The predicted octanol–water partition coefficient (Wildman–Crippen LogP) is 4.91. The Morgan fingerprint density at radius 3 is 2.46 bits per heavy atom. The lowest BCUT2D eigenvalue weighted by atomic mass is 10.1. The molecule has 0 saturated carbocycles. The highest BCUT2D eigenvalue weighted by Crippen LogP contribution is 2.34. The van der Waals surface area contributed by atoms with Gasteiger partial charge in [0.2, 0.25) is 0 Å². The Bertz CT molecular complexity index is 789. The van der Waals surface area contributed by atoms with Gasteiger partial charge in [-0.3, -0.25) is 10.1 Å². The van der Waals surface area contributed by atoms with Crippen molar-refractivity contribution in [2.75, 3.05) is 0 Å². The van der Waals surface area contributed by atoms with Crippen molar-refractivity contribution in [3.63, 3.8) is 0 Å². The van der Waals surface area contributed by atoms with Gasteiger partial charge >= 0.3 is 5.97 Å². The van der Waals surface area contributed by atoms with E-state index in [2.05, 4.69) is 0 Å². The topological polar surface area (TPSA) is 78.7 Å². The fraction of sp³-hybridized carbons (Fsp3) is 0.235. The molecule has 0 aliphatic rings. The predicted molar refractivity (Wildman–Crippen MR) is 89.9 cm³/mol. The number of ether oxygens (including phenoxy) is 2. The standard InChI is InChI=1S/C17H16ClNO5/c1-10(2)23-17(20)12-9-16(11(3)8-14(12)19(21)22)24-15-7-5-4-6-13(15)18/h4-10H,1-3H3. The van der Waals surface area contributed by atoms with Gasteiger partial charge in [0, 0.05) is 12.1 Å². The summed E-state index contributed by atoms with van der Waals surface area (Å²) in [6.07, 6.45) is -0.397. The Balaban J connectivity index is 2.48. The van der Waals surface area contributed by atoms with Crippen molar-refractivity contribution in [2.24, 2.45) is 0 Å². The summed E-state index contributed by atoms with van der Waals surface area (Å²) in [5.41, 5.74) is 0.00808. The van der Waals surface area contributed by atoms with E-state index in [1.165, 1.54) is 12.1 Å². The first-order chi connectivity index (χ1) is 11.3. The van der Waals surface area contributed by atoms with Crippen molar-refractivity contribution < 1.29 is 19.2 Å². The van der Waals surface area contributed by atoms with Crippen LogP contribution in [0.25, 0.3) is 0 Å². The monoisotopic (exact) mass is 349 g/mol. The maximum absolute atomic E-state index is 12.2. The number of nitro groups is 1. The molecule has 0 radical (unpaired) electrons. The maximum Gasteiger partial charge on any atom is 0.345 e. The van der Waals surface area contributed by atoms with Gasteiger partial charge in [-0.15, -0.1) is 0 Å². The molecule has 0 spiro atoms. The molecule has 0 aliphatic heterocycles. The number of halogens is 1. The second-order valence-corrected chi connectivity index (χ2v) is 5.79. The molecule has 0 bridgehead atoms. The molecule has 0 amide bonds. The fourth-order valence-electron chi connectivity index (χ4n) is 2.02. The molecular formula is C17H16ClNO5. The Morgan fingerprint density at radius 2 is 1.88 bits per heavy atom. The second kappa shape index (κ2) is 7.31. The zero-order chi connectivity index (χ0) is 17.9. The summed E-state index contributed by atoms with van der Waals surface area (Å²) in [6.45, 7) is 4.98. The summed E-state index contributed by atoms with van der Waals surface area (Å²) in [4.78, 5) is 22.8. The normalized spacial score (nSPS) is 10.5. The molecule has 0 atom stereocenters. The molecule has 7 heteroatoms. The largest absolute Gasteiger partial charge is 0.459 e. The van der Waals surface area contributed by atoms with Crippen molar-refractivity contribution in [3.8, 4) is 11.5 Å². The SMILES string of the molecule is Cc1cc([N+](=O)[O-])c(C(=O)OC(C)C)cc1Oc1ccccc1Cl. The smallest absolute Gasteiger partial charge is 0.345 e. The molecule has 6 nitrogen and oxygen atoms in total. The van der Waals surface area contributed by atoms with Gasteiger partial charge in [-0.05, 0) is 38.5 Å². The Hall–Kier alpha value is -2.60. The number of hydrogen-bond donors (Lipinski definition) is 0. The molecule has 24 heavy (non-hydrogen) atoms. The van der Waals surface area contributed by atoms with Crippen LogP contribution >= 0.6 is 11.6 Å². The van der Waals surface area contributed by atoms with Crippen LogP contribution in [0, 0.1) is 17.0 Å². The molecule has 2 aromatic carbocycles. The van der Waals surface area contributed by atoms with Gasteiger partial charge in [0.1, 0.15) is 17.1 Å². The van der Waals surface area contributed by atoms with Crippen molar-refractivity contribution in [1.82, 2.24) is 0 Å². The van der Waals surface area contributed by atoms with E-state index in [4.69, 9.17) is 21.1 Å². The number of carbonyl (C=O) groups excluding carboxylic acids is 1. The van der Waals surface area contributed by atoms with Crippen LogP contribution in [0.4, 0.5) is 5.69 Å². The van der Waals surface area contributed by atoms with Gasteiger partial charge < -0.3 is 9.47 Å². The van der Waals surface area contributed by atoms with Crippen LogP contribution in [0.2, 0.25) is 5.02 Å². The first-order valence-corrected chi connectivity index (χ1v) is 7.59. The number of rotatable bonds is 5. The fourth-order valence-corrected chi connectivity index (χ4v) is 2.20. The van der Waals surface area contributed by atoms with E-state index in [1.807, 2.05) is 0 Å². The van der Waals surface area contributed by atoms with E-state index < -0.39 is 17.0 Å². The summed E-state index contributed by atoms with van der Waals surface area (Å²) in [7, 11) is 0. The first-order valence-electron chi connectivity index (χ1n) is 7.22. The number of para-hydroxylation sites is 1. The summed E-state index contributed by atoms with van der Waals surface area (Å²) in [5.74, 6) is -0.0931. The minimum Gasteiger partial charge on any atom is -0.459 e. The van der Waals surface area contributed by atoms with Gasteiger partial charge in [-0.25, -0.2) is 4.79 Å². The third-order valence-corrected chi connectivity index (χ3v) is 3.42. The van der Waals surface area contributed by atoms with E-state index in [0.29, 0.717) is 22.1 Å². The minimum absolute atomic E-state index is 0.165. The zero-order valence-corrected chi connectivity index (χ0v) is 14.2. The van der Waals surface area contributed by atoms with Gasteiger partial charge in [-0.1, -0.05) is 23.7 Å². The van der Waals surface area contributed by atoms with E-state index in [0.717, 1.165) is 0 Å². The first kappa shape index (κ1) is 17.7. The van der Waals surface area contributed by atoms with E-state index in [-0.39, 0.29) is 11.3 Å². The van der Waals surface area contributed by atoms with Gasteiger partial charge in [0.25, 0.3) is 5.69 Å². The lowest BCUT2D eigenvalue weighted by Crippen LogP contribution is -2.13. The van der Waals surface area contributed by atoms with Crippen molar-refractivity contribution in [3.05, 3.63) is 62.7 Å². The van der Waals surface area contributed by atoms with E-state index in [1.54, 1.807) is 45.0 Å². The van der Waals surface area contributed by atoms with Crippen LogP contribution in [0.3, 0.4) is 0 Å². The van der Waals surface area contributed by atoms with Crippen LogP contribution in [0.5, 0.6) is 11.5 Å². The summed E-state index contributed by atoms with van der Waals surface area (Å²) in [6, 6.07) is 9.41. The molecule has 2 rings (SSSR count). The molecule has 0 aliphatic carbocycles. The molecule has 0 aromatic heterocycles.